The summed E-state index contributed by atoms with van der Waals surface area (Å²) in [5.41, 5.74) is 2.78. The van der Waals surface area contributed by atoms with Crippen LogP contribution in [0.5, 0.6) is 0 Å². The topological polar surface area (TPSA) is 45.5 Å². The molecule has 0 radical (unpaired) electrons. The number of carbonyl (C=O) groups excluding carboxylic acids is 1. The summed E-state index contributed by atoms with van der Waals surface area (Å²) < 4.78 is 4.97. The Morgan fingerprint density at radius 2 is 2.23 bits per heavy atom. The first-order valence-electron chi connectivity index (χ1n) is 4.46. The molecule has 2 heterocycles. The number of hydrogen-bond acceptors (Lipinski definition) is 3. The van der Waals surface area contributed by atoms with E-state index < -0.39 is 0 Å². The van der Waals surface area contributed by atoms with Crippen LogP contribution in [0.2, 0.25) is 0 Å². The van der Waals surface area contributed by atoms with Gasteiger partial charge in [0, 0.05) is 13.1 Å². The van der Waals surface area contributed by atoms with Gasteiger partial charge in [0.25, 0.3) is 0 Å². The highest BCUT2D eigenvalue weighted by molar-refractivity contribution is 5.90. The number of rotatable bonds is 2. The molecule has 1 aromatic rings. The van der Waals surface area contributed by atoms with Crippen LogP contribution in [-0.4, -0.2) is 24.0 Å². The minimum Gasteiger partial charge on any atom is -0.459 e. The van der Waals surface area contributed by atoms with Crippen molar-refractivity contribution in [3.8, 4) is 0 Å². The van der Waals surface area contributed by atoms with Crippen molar-refractivity contribution >= 4 is 5.91 Å². The average molecular weight is 180 g/mol. The lowest BCUT2D eigenvalue weighted by molar-refractivity contribution is 0.0796. The van der Waals surface area contributed by atoms with E-state index in [0.717, 1.165) is 25.9 Å². The molecule has 2 rings (SSSR count). The fourth-order valence-corrected chi connectivity index (χ4v) is 1.44. The van der Waals surface area contributed by atoms with Gasteiger partial charge in [-0.05, 0) is 25.0 Å². The smallest absolute Gasteiger partial charge is 0.301 e. The zero-order chi connectivity index (χ0) is 9.10. The van der Waals surface area contributed by atoms with Gasteiger partial charge in [0.2, 0.25) is 0 Å². The van der Waals surface area contributed by atoms with Crippen LogP contribution >= 0.6 is 0 Å². The van der Waals surface area contributed by atoms with Crippen LogP contribution in [0.25, 0.3) is 0 Å². The quantitative estimate of drug-likeness (QED) is 0.739. The zero-order valence-electron chi connectivity index (χ0n) is 7.32. The first kappa shape index (κ1) is 8.31. The van der Waals surface area contributed by atoms with E-state index in [2.05, 4.69) is 5.43 Å². The number of furan rings is 1. The summed E-state index contributed by atoms with van der Waals surface area (Å²) in [5.74, 6) is 0.207. The molecule has 0 atom stereocenters. The van der Waals surface area contributed by atoms with Crippen molar-refractivity contribution < 1.29 is 9.21 Å². The first-order valence-corrected chi connectivity index (χ1v) is 4.46. The SMILES string of the molecule is O=C(NN1CCCC1)c1ccco1. The van der Waals surface area contributed by atoms with Gasteiger partial charge in [-0.3, -0.25) is 10.2 Å². The molecule has 1 amide bonds. The van der Waals surface area contributed by atoms with E-state index in [9.17, 15) is 4.79 Å². The van der Waals surface area contributed by atoms with Crippen LogP contribution in [0.3, 0.4) is 0 Å². The van der Waals surface area contributed by atoms with Gasteiger partial charge in [0.05, 0.1) is 6.26 Å². The van der Waals surface area contributed by atoms with E-state index in [1.165, 1.54) is 6.26 Å². The zero-order valence-corrected chi connectivity index (χ0v) is 7.32. The molecule has 0 bridgehead atoms. The van der Waals surface area contributed by atoms with Crippen molar-refractivity contribution in [1.29, 1.82) is 0 Å². The Labute approximate surface area is 76.5 Å². The first-order chi connectivity index (χ1) is 6.36. The van der Waals surface area contributed by atoms with E-state index in [1.807, 2.05) is 5.01 Å². The average Bonchev–Trinajstić information content (AvgIpc) is 2.74. The molecule has 0 unspecified atom stereocenters. The highest BCUT2D eigenvalue weighted by atomic mass is 16.3. The molecule has 1 N–H and O–H groups in total. The van der Waals surface area contributed by atoms with Crippen molar-refractivity contribution in [2.45, 2.75) is 12.8 Å². The molecule has 1 saturated heterocycles. The molecule has 0 spiro atoms. The Bertz CT molecular complexity index is 276. The maximum Gasteiger partial charge on any atom is 0.301 e. The highest BCUT2D eigenvalue weighted by Gasteiger charge is 2.16. The van der Waals surface area contributed by atoms with E-state index in [4.69, 9.17) is 4.42 Å². The Hall–Kier alpha value is -1.29. The van der Waals surface area contributed by atoms with Crippen molar-refractivity contribution in [3.05, 3.63) is 24.2 Å². The van der Waals surface area contributed by atoms with Crippen LogP contribution in [0.4, 0.5) is 0 Å². The molecular formula is C9H12N2O2. The summed E-state index contributed by atoms with van der Waals surface area (Å²) in [5, 5.41) is 1.92. The van der Waals surface area contributed by atoms with E-state index in [0.29, 0.717) is 5.76 Å². The van der Waals surface area contributed by atoms with Crippen LogP contribution in [0.1, 0.15) is 23.4 Å². The number of hydrogen-bond donors (Lipinski definition) is 1. The highest BCUT2D eigenvalue weighted by Crippen LogP contribution is 2.05. The molecule has 4 nitrogen and oxygen atoms in total. The van der Waals surface area contributed by atoms with Crippen LogP contribution in [0.15, 0.2) is 22.8 Å². The Kier molecular flexibility index (Phi) is 2.31. The third-order valence-electron chi connectivity index (χ3n) is 2.11. The molecule has 4 heteroatoms. The summed E-state index contributed by atoms with van der Waals surface area (Å²) in [4.78, 5) is 11.4. The number of nitrogens with zero attached hydrogens (tertiary/aromatic N) is 1. The fourth-order valence-electron chi connectivity index (χ4n) is 1.44. The Balaban J connectivity index is 1.91. The van der Waals surface area contributed by atoms with Gasteiger partial charge in [0.15, 0.2) is 5.76 Å². The van der Waals surface area contributed by atoms with Crippen molar-refractivity contribution in [2.24, 2.45) is 0 Å². The van der Waals surface area contributed by atoms with Gasteiger partial charge >= 0.3 is 5.91 Å². The maximum atomic E-state index is 11.4. The van der Waals surface area contributed by atoms with Gasteiger partial charge in [0.1, 0.15) is 0 Å². The second kappa shape index (κ2) is 3.62. The van der Waals surface area contributed by atoms with Crippen molar-refractivity contribution in [1.82, 2.24) is 10.4 Å². The second-order valence-electron chi connectivity index (χ2n) is 3.11. The lowest BCUT2D eigenvalue weighted by atomic mass is 10.4. The van der Waals surface area contributed by atoms with E-state index >= 15 is 0 Å². The summed E-state index contributed by atoms with van der Waals surface area (Å²) in [6.07, 6.45) is 3.80. The molecule has 1 aliphatic heterocycles. The minimum atomic E-state index is -0.160. The maximum absolute atomic E-state index is 11.4. The molecule has 0 aromatic carbocycles. The molecule has 0 aliphatic carbocycles. The van der Waals surface area contributed by atoms with E-state index in [-0.39, 0.29) is 5.91 Å². The normalized spacial score (nSPS) is 17.5. The molecular weight excluding hydrogens is 168 g/mol. The molecule has 13 heavy (non-hydrogen) atoms. The molecule has 0 saturated carbocycles. The fraction of sp³-hybridized carbons (Fsp3) is 0.444. The van der Waals surface area contributed by atoms with Gasteiger partial charge in [-0.2, -0.15) is 0 Å². The van der Waals surface area contributed by atoms with Crippen LogP contribution in [0, 0.1) is 0 Å². The van der Waals surface area contributed by atoms with Crippen molar-refractivity contribution in [2.75, 3.05) is 13.1 Å². The van der Waals surface area contributed by atoms with Gasteiger partial charge < -0.3 is 4.42 Å². The Morgan fingerprint density at radius 3 is 2.85 bits per heavy atom. The standard InChI is InChI=1S/C9H12N2O2/c12-9(8-4-3-7-13-8)10-11-5-1-2-6-11/h3-4,7H,1-2,5-6H2,(H,10,12). The predicted molar refractivity (Wildman–Crippen MR) is 47.0 cm³/mol. The molecule has 1 fully saturated rings. The third-order valence-corrected chi connectivity index (χ3v) is 2.11. The number of carbonyl (C=O) groups is 1. The number of amides is 1. The second-order valence-corrected chi connectivity index (χ2v) is 3.11. The summed E-state index contributed by atoms with van der Waals surface area (Å²) in [7, 11) is 0. The Morgan fingerprint density at radius 1 is 1.46 bits per heavy atom. The lowest BCUT2D eigenvalue weighted by Gasteiger charge is -2.14. The summed E-state index contributed by atoms with van der Waals surface area (Å²) in [6.45, 7) is 1.87. The van der Waals surface area contributed by atoms with Gasteiger partial charge in [-0.15, -0.1) is 0 Å². The third kappa shape index (κ3) is 1.89. The minimum absolute atomic E-state index is 0.160. The lowest BCUT2D eigenvalue weighted by Crippen LogP contribution is -2.39. The van der Waals surface area contributed by atoms with Gasteiger partial charge in [-0.25, -0.2) is 5.01 Å². The predicted octanol–water partition coefficient (Wildman–Crippen LogP) is 1.02. The summed E-state index contributed by atoms with van der Waals surface area (Å²) in [6, 6.07) is 3.37. The largest absolute Gasteiger partial charge is 0.459 e. The van der Waals surface area contributed by atoms with Crippen LogP contribution < -0.4 is 5.43 Å². The van der Waals surface area contributed by atoms with Gasteiger partial charge in [-0.1, -0.05) is 0 Å². The summed E-state index contributed by atoms with van der Waals surface area (Å²) >= 11 is 0. The molecule has 1 aliphatic rings. The number of nitrogens with one attached hydrogen (secondary N) is 1. The monoisotopic (exact) mass is 180 g/mol. The number of hydrazine groups is 1. The molecule has 70 valence electrons. The molecule has 1 aromatic heterocycles. The van der Waals surface area contributed by atoms with Crippen LogP contribution in [-0.2, 0) is 0 Å². The van der Waals surface area contributed by atoms with E-state index in [1.54, 1.807) is 12.1 Å². The van der Waals surface area contributed by atoms with Crippen molar-refractivity contribution in [3.63, 3.8) is 0 Å².